The molecule has 0 aliphatic carbocycles. The SMILES string of the molecule is CNC(CO)CCN1c2ccccc2CC1C. The van der Waals surface area contributed by atoms with Crippen LogP contribution < -0.4 is 10.2 Å². The molecule has 1 heterocycles. The highest BCUT2D eigenvalue weighted by Crippen LogP contribution is 2.31. The van der Waals surface area contributed by atoms with E-state index in [1.165, 1.54) is 11.3 Å². The second-order valence-electron chi connectivity index (χ2n) is 4.83. The van der Waals surface area contributed by atoms with Gasteiger partial charge in [-0.15, -0.1) is 0 Å². The van der Waals surface area contributed by atoms with Gasteiger partial charge in [-0.25, -0.2) is 0 Å². The molecular weight excluding hydrogens is 212 g/mol. The zero-order chi connectivity index (χ0) is 12.3. The molecule has 1 aromatic carbocycles. The van der Waals surface area contributed by atoms with Crippen LogP contribution in [0.4, 0.5) is 5.69 Å². The van der Waals surface area contributed by atoms with Gasteiger partial charge in [0, 0.05) is 24.3 Å². The van der Waals surface area contributed by atoms with Gasteiger partial charge in [0.1, 0.15) is 0 Å². The van der Waals surface area contributed by atoms with E-state index in [9.17, 15) is 5.11 Å². The molecule has 2 rings (SSSR count). The molecule has 1 aliphatic heterocycles. The summed E-state index contributed by atoms with van der Waals surface area (Å²) in [5, 5.41) is 12.3. The minimum atomic E-state index is 0.204. The summed E-state index contributed by atoms with van der Waals surface area (Å²) in [5.41, 5.74) is 2.82. The van der Waals surface area contributed by atoms with E-state index in [4.69, 9.17) is 0 Å². The minimum Gasteiger partial charge on any atom is -0.395 e. The van der Waals surface area contributed by atoms with Crippen LogP contribution in [-0.2, 0) is 6.42 Å². The first-order valence-corrected chi connectivity index (χ1v) is 6.39. The van der Waals surface area contributed by atoms with Gasteiger partial charge in [-0.05, 0) is 38.4 Å². The third-order valence-electron chi connectivity index (χ3n) is 3.70. The molecule has 0 aromatic heterocycles. The highest BCUT2D eigenvalue weighted by Gasteiger charge is 2.25. The third-order valence-corrected chi connectivity index (χ3v) is 3.70. The van der Waals surface area contributed by atoms with Crippen molar-refractivity contribution in [2.45, 2.75) is 31.8 Å². The second kappa shape index (κ2) is 5.52. The smallest absolute Gasteiger partial charge is 0.0585 e. The average molecular weight is 234 g/mol. The second-order valence-corrected chi connectivity index (χ2v) is 4.83. The van der Waals surface area contributed by atoms with Gasteiger partial charge in [-0.3, -0.25) is 0 Å². The van der Waals surface area contributed by atoms with Crippen LogP contribution in [0.25, 0.3) is 0 Å². The average Bonchev–Trinajstić information content (AvgIpc) is 2.67. The van der Waals surface area contributed by atoms with Crippen LogP contribution in [0.5, 0.6) is 0 Å². The molecular formula is C14H22N2O. The van der Waals surface area contributed by atoms with Crippen LogP contribution in [0.3, 0.4) is 0 Å². The molecule has 3 heteroatoms. The molecule has 0 saturated carbocycles. The first-order chi connectivity index (χ1) is 8.26. The highest BCUT2D eigenvalue weighted by atomic mass is 16.3. The number of rotatable bonds is 5. The lowest BCUT2D eigenvalue weighted by Gasteiger charge is -2.26. The van der Waals surface area contributed by atoms with Crippen molar-refractivity contribution in [2.75, 3.05) is 25.1 Å². The van der Waals surface area contributed by atoms with Gasteiger partial charge in [-0.2, -0.15) is 0 Å². The zero-order valence-electron chi connectivity index (χ0n) is 10.7. The van der Waals surface area contributed by atoms with E-state index in [1.54, 1.807) is 0 Å². The Kier molecular flexibility index (Phi) is 4.02. The van der Waals surface area contributed by atoms with Crippen LogP contribution >= 0.6 is 0 Å². The molecule has 0 bridgehead atoms. The van der Waals surface area contributed by atoms with E-state index in [2.05, 4.69) is 41.4 Å². The monoisotopic (exact) mass is 234 g/mol. The number of anilines is 1. The summed E-state index contributed by atoms with van der Waals surface area (Å²) in [6.45, 7) is 3.48. The molecule has 1 aromatic rings. The number of aliphatic hydroxyl groups is 1. The summed E-state index contributed by atoms with van der Waals surface area (Å²) in [5.74, 6) is 0. The van der Waals surface area contributed by atoms with Crippen molar-refractivity contribution in [2.24, 2.45) is 0 Å². The Labute approximate surface area is 103 Å². The topological polar surface area (TPSA) is 35.5 Å². The van der Waals surface area contributed by atoms with E-state index in [-0.39, 0.29) is 12.6 Å². The van der Waals surface area contributed by atoms with Gasteiger partial charge >= 0.3 is 0 Å². The molecule has 3 nitrogen and oxygen atoms in total. The fourth-order valence-corrected chi connectivity index (χ4v) is 2.59. The number of aliphatic hydroxyl groups excluding tert-OH is 1. The predicted octanol–water partition coefficient (Wildman–Crippen LogP) is 1.41. The number of likely N-dealkylation sites (N-methyl/N-ethyl adjacent to an activating group) is 1. The summed E-state index contributed by atoms with van der Waals surface area (Å²) in [6.07, 6.45) is 2.12. The Morgan fingerprint density at radius 2 is 2.24 bits per heavy atom. The first-order valence-electron chi connectivity index (χ1n) is 6.39. The Morgan fingerprint density at radius 1 is 1.47 bits per heavy atom. The summed E-state index contributed by atoms with van der Waals surface area (Å²) < 4.78 is 0. The number of fused-ring (bicyclic) bond motifs is 1. The lowest BCUT2D eigenvalue weighted by atomic mass is 10.1. The molecule has 0 radical (unpaired) electrons. The van der Waals surface area contributed by atoms with Crippen molar-refractivity contribution in [1.82, 2.24) is 5.32 Å². The molecule has 2 N–H and O–H groups in total. The maximum Gasteiger partial charge on any atom is 0.0585 e. The molecule has 94 valence electrons. The van der Waals surface area contributed by atoms with Gasteiger partial charge in [-0.1, -0.05) is 18.2 Å². The standard InChI is InChI=1S/C14H22N2O/c1-11-9-12-5-3-4-6-14(12)16(11)8-7-13(10-17)15-2/h3-6,11,13,15,17H,7-10H2,1-2H3. The van der Waals surface area contributed by atoms with Crippen LogP contribution in [0, 0.1) is 0 Å². The van der Waals surface area contributed by atoms with Crippen molar-refractivity contribution in [1.29, 1.82) is 0 Å². The van der Waals surface area contributed by atoms with Crippen molar-refractivity contribution in [3.8, 4) is 0 Å². The van der Waals surface area contributed by atoms with Crippen molar-refractivity contribution in [3.05, 3.63) is 29.8 Å². The third kappa shape index (κ3) is 2.61. The molecule has 0 spiro atoms. The Bertz CT molecular complexity index is 363. The maximum absolute atomic E-state index is 9.18. The number of nitrogens with zero attached hydrogens (tertiary/aromatic N) is 1. The van der Waals surface area contributed by atoms with Crippen molar-refractivity contribution < 1.29 is 5.11 Å². The van der Waals surface area contributed by atoms with E-state index in [0.717, 1.165) is 19.4 Å². The summed E-state index contributed by atoms with van der Waals surface area (Å²) in [7, 11) is 1.91. The van der Waals surface area contributed by atoms with Crippen LogP contribution in [-0.4, -0.2) is 37.4 Å². The van der Waals surface area contributed by atoms with Gasteiger partial charge in [0.15, 0.2) is 0 Å². The summed E-state index contributed by atoms with van der Waals surface area (Å²) in [4.78, 5) is 2.45. The number of hydrogen-bond acceptors (Lipinski definition) is 3. The first kappa shape index (κ1) is 12.4. The van der Waals surface area contributed by atoms with Gasteiger partial charge in [0.25, 0.3) is 0 Å². The molecule has 0 fully saturated rings. The largest absolute Gasteiger partial charge is 0.395 e. The Hall–Kier alpha value is -1.06. The van der Waals surface area contributed by atoms with Gasteiger partial charge < -0.3 is 15.3 Å². The molecule has 0 amide bonds. The van der Waals surface area contributed by atoms with E-state index < -0.39 is 0 Å². The minimum absolute atomic E-state index is 0.204. The molecule has 0 saturated heterocycles. The normalized spacial score (nSPS) is 20.4. The van der Waals surface area contributed by atoms with Gasteiger partial charge in [0.2, 0.25) is 0 Å². The lowest BCUT2D eigenvalue weighted by molar-refractivity contribution is 0.242. The summed E-state index contributed by atoms with van der Waals surface area (Å²) >= 11 is 0. The van der Waals surface area contributed by atoms with Crippen LogP contribution in [0.2, 0.25) is 0 Å². The van der Waals surface area contributed by atoms with Crippen molar-refractivity contribution in [3.63, 3.8) is 0 Å². The maximum atomic E-state index is 9.18. The van der Waals surface area contributed by atoms with Crippen molar-refractivity contribution >= 4 is 5.69 Å². The number of benzene rings is 1. The van der Waals surface area contributed by atoms with E-state index >= 15 is 0 Å². The van der Waals surface area contributed by atoms with Gasteiger partial charge in [0.05, 0.1) is 6.61 Å². The fraction of sp³-hybridized carbons (Fsp3) is 0.571. The zero-order valence-corrected chi connectivity index (χ0v) is 10.7. The number of nitrogens with one attached hydrogen (secondary N) is 1. The molecule has 2 unspecified atom stereocenters. The quantitative estimate of drug-likeness (QED) is 0.808. The Balaban J connectivity index is 2.01. The number of para-hydroxylation sites is 1. The predicted molar refractivity (Wildman–Crippen MR) is 71.5 cm³/mol. The molecule has 17 heavy (non-hydrogen) atoms. The Morgan fingerprint density at radius 3 is 2.94 bits per heavy atom. The van der Waals surface area contributed by atoms with E-state index in [1.807, 2.05) is 7.05 Å². The fourth-order valence-electron chi connectivity index (χ4n) is 2.59. The number of hydrogen-bond donors (Lipinski definition) is 2. The summed E-state index contributed by atoms with van der Waals surface area (Å²) in [6, 6.07) is 9.41. The molecule has 2 atom stereocenters. The van der Waals surface area contributed by atoms with Crippen LogP contribution in [0.15, 0.2) is 24.3 Å². The molecule has 1 aliphatic rings. The van der Waals surface area contributed by atoms with E-state index in [0.29, 0.717) is 6.04 Å². The van der Waals surface area contributed by atoms with Crippen LogP contribution in [0.1, 0.15) is 18.9 Å². The lowest BCUT2D eigenvalue weighted by Crippen LogP contribution is -2.37. The highest BCUT2D eigenvalue weighted by molar-refractivity contribution is 5.59.